The molecule has 1 aliphatic carbocycles. The lowest BCUT2D eigenvalue weighted by Gasteiger charge is -2.05. The van der Waals surface area contributed by atoms with Gasteiger partial charge in [0.25, 0.3) is 0 Å². The van der Waals surface area contributed by atoms with Gasteiger partial charge in [-0.2, -0.15) is 0 Å². The Morgan fingerprint density at radius 1 is 1.27 bits per heavy atom. The fourth-order valence-corrected chi connectivity index (χ4v) is 2.93. The van der Waals surface area contributed by atoms with Crippen LogP contribution in [0.1, 0.15) is 24.5 Å². The van der Waals surface area contributed by atoms with Gasteiger partial charge >= 0.3 is 0 Å². The van der Waals surface area contributed by atoms with E-state index in [2.05, 4.69) is 30.4 Å². The van der Waals surface area contributed by atoms with Crippen LogP contribution in [-0.4, -0.2) is 18.8 Å². The third-order valence-corrected chi connectivity index (χ3v) is 3.86. The summed E-state index contributed by atoms with van der Waals surface area (Å²) in [6.45, 7) is 4.34. The quantitative estimate of drug-likeness (QED) is 0.606. The van der Waals surface area contributed by atoms with Crippen LogP contribution in [0.25, 0.3) is 0 Å². The molecule has 0 unspecified atom stereocenters. The minimum Gasteiger partial charge on any atom is -0.316 e. The Labute approximate surface area is 96.7 Å². The average Bonchev–Trinajstić information content (AvgIpc) is 2.71. The Balaban J connectivity index is 1.87. The van der Waals surface area contributed by atoms with Gasteiger partial charge in [0.15, 0.2) is 0 Å². The lowest BCUT2D eigenvalue weighted by atomic mass is 10.1. The van der Waals surface area contributed by atoms with E-state index in [9.17, 15) is 0 Å². The first-order valence-electron chi connectivity index (χ1n) is 5.85. The maximum absolute atomic E-state index is 3.35. The van der Waals surface area contributed by atoms with E-state index in [1.165, 1.54) is 29.9 Å². The fourth-order valence-electron chi connectivity index (χ4n) is 2.06. The summed E-state index contributed by atoms with van der Waals surface area (Å²) in [4.78, 5) is 1.44. The molecule has 0 amide bonds. The Morgan fingerprint density at radius 3 is 3.00 bits per heavy atom. The van der Waals surface area contributed by atoms with Crippen molar-refractivity contribution < 1.29 is 0 Å². The predicted molar refractivity (Wildman–Crippen MR) is 67.7 cm³/mol. The number of benzene rings is 1. The zero-order chi connectivity index (χ0) is 10.5. The summed E-state index contributed by atoms with van der Waals surface area (Å²) in [5, 5.41) is 3.35. The Bertz CT molecular complexity index is 322. The first-order valence-corrected chi connectivity index (χ1v) is 6.84. The summed E-state index contributed by atoms with van der Waals surface area (Å²) >= 11 is 1.96. The molecule has 0 saturated heterocycles. The van der Waals surface area contributed by atoms with E-state index in [4.69, 9.17) is 0 Å². The van der Waals surface area contributed by atoms with Crippen LogP contribution >= 0.6 is 11.8 Å². The van der Waals surface area contributed by atoms with Gasteiger partial charge in [0.2, 0.25) is 0 Å². The minimum absolute atomic E-state index is 1.07. The molecule has 0 atom stereocenters. The first-order chi connectivity index (χ1) is 7.40. The van der Waals surface area contributed by atoms with Gasteiger partial charge in [0, 0.05) is 17.2 Å². The lowest BCUT2D eigenvalue weighted by Crippen LogP contribution is -2.15. The fraction of sp³-hybridized carbons (Fsp3) is 0.538. The van der Waals surface area contributed by atoms with Crippen molar-refractivity contribution in [1.29, 1.82) is 0 Å². The van der Waals surface area contributed by atoms with Crippen LogP contribution in [0.5, 0.6) is 0 Å². The maximum Gasteiger partial charge on any atom is 0.0106 e. The van der Waals surface area contributed by atoms with Gasteiger partial charge < -0.3 is 5.32 Å². The van der Waals surface area contributed by atoms with Crippen molar-refractivity contribution in [3.8, 4) is 0 Å². The molecule has 0 aliphatic heterocycles. The highest BCUT2D eigenvalue weighted by Gasteiger charge is 2.10. The number of hydrogen-bond donors (Lipinski definition) is 1. The Hall–Kier alpha value is -0.470. The van der Waals surface area contributed by atoms with Gasteiger partial charge in [-0.3, -0.25) is 0 Å². The molecule has 2 rings (SSSR count). The smallest absolute Gasteiger partial charge is 0.0106 e. The van der Waals surface area contributed by atoms with E-state index < -0.39 is 0 Å². The van der Waals surface area contributed by atoms with Crippen molar-refractivity contribution in [3.63, 3.8) is 0 Å². The third kappa shape index (κ3) is 2.99. The van der Waals surface area contributed by atoms with E-state index in [0.29, 0.717) is 0 Å². The van der Waals surface area contributed by atoms with Crippen LogP contribution in [-0.2, 0) is 12.8 Å². The zero-order valence-electron chi connectivity index (χ0n) is 9.38. The standard InChI is InChI=1S/C13H19NS/c1-2-14-8-9-15-13-7-6-11-4-3-5-12(11)10-13/h6-7,10,14H,2-5,8-9H2,1H3. The van der Waals surface area contributed by atoms with Crippen LogP contribution in [0.2, 0.25) is 0 Å². The van der Waals surface area contributed by atoms with Crippen LogP contribution in [0.15, 0.2) is 23.1 Å². The molecule has 0 bridgehead atoms. The summed E-state index contributed by atoms with van der Waals surface area (Å²) in [6.07, 6.45) is 3.93. The summed E-state index contributed by atoms with van der Waals surface area (Å²) in [5.41, 5.74) is 3.16. The SMILES string of the molecule is CCNCCSc1ccc2c(c1)CCC2. The molecule has 82 valence electrons. The highest BCUT2D eigenvalue weighted by Crippen LogP contribution is 2.27. The first kappa shape index (κ1) is 11.0. The molecule has 0 saturated carbocycles. The molecule has 1 aromatic carbocycles. The van der Waals surface area contributed by atoms with Crippen LogP contribution in [0, 0.1) is 0 Å². The lowest BCUT2D eigenvalue weighted by molar-refractivity contribution is 0.768. The predicted octanol–water partition coefficient (Wildman–Crippen LogP) is 2.88. The van der Waals surface area contributed by atoms with Gasteiger partial charge in [0.1, 0.15) is 0 Å². The van der Waals surface area contributed by atoms with Gasteiger partial charge in [0.05, 0.1) is 0 Å². The largest absolute Gasteiger partial charge is 0.316 e. The molecule has 2 heteroatoms. The molecular formula is C13H19NS. The maximum atomic E-state index is 3.35. The highest BCUT2D eigenvalue weighted by atomic mass is 32.2. The van der Waals surface area contributed by atoms with Crippen molar-refractivity contribution in [2.24, 2.45) is 0 Å². The second-order valence-corrected chi connectivity index (χ2v) is 5.15. The van der Waals surface area contributed by atoms with E-state index in [1.807, 2.05) is 11.8 Å². The molecule has 1 N–H and O–H groups in total. The van der Waals surface area contributed by atoms with Crippen molar-refractivity contribution in [1.82, 2.24) is 5.32 Å². The van der Waals surface area contributed by atoms with E-state index in [0.717, 1.165) is 13.1 Å². The number of nitrogens with one attached hydrogen (secondary N) is 1. The monoisotopic (exact) mass is 221 g/mol. The van der Waals surface area contributed by atoms with Crippen LogP contribution in [0.4, 0.5) is 0 Å². The molecular weight excluding hydrogens is 202 g/mol. The molecule has 15 heavy (non-hydrogen) atoms. The van der Waals surface area contributed by atoms with E-state index >= 15 is 0 Å². The molecule has 1 nitrogen and oxygen atoms in total. The van der Waals surface area contributed by atoms with Gasteiger partial charge in [-0.05, 0) is 49.1 Å². The minimum atomic E-state index is 1.07. The molecule has 0 spiro atoms. The number of fused-ring (bicyclic) bond motifs is 1. The highest BCUT2D eigenvalue weighted by molar-refractivity contribution is 7.99. The van der Waals surface area contributed by atoms with Crippen molar-refractivity contribution >= 4 is 11.8 Å². The van der Waals surface area contributed by atoms with Gasteiger partial charge in [-0.15, -0.1) is 11.8 Å². The summed E-state index contributed by atoms with van der Waals surface area (Å²) in [7, 11) is 0. The molecule has 0 fully saturated rings. The van der Waals surface area contributed by atoms with Crippen LogP contribution < -0.4 is 5.32 Å². The van der Waals surface area contributed by atoms with E-state index in [1.54, 1.807) is 11.1 Å². The molecule has 1 aromatic rings. The molecule has 0 aromatic heterocycles. The second kappa shape index (κ2) is 5.57. The zero-order valence-corrected chi connectivity index (χ0v) is 10.2. The van der Waals surface area contributed by atoms with Gasteiger partial charge in [-0.25, -0.2) is 0 Å². The van der Waals surface area contributed by atoms with Crippen LogP contribution in [0.3, 0.4) is 0 Å². The number of rotatable bonds is 5. The van der Waals surface area contributed by atoms with Gasteiger partial charge in [-0.1, -0.05) is 13.0 Å². The topological polar surface area (TPSA) is 12.0 Å². The third-order valence-electron chi connectivity index (χ3n) is 2.87. The Kier molecular flexibility index (Phi) is 4.09. The molecule has 0 heterocycles. The molecule has 1 aliphatic rings. The van der Waals surface area contributed by atoms with Crippen molar-refractivity contribution in [3.05, 3.63) is 29.3 Å². The van der Waals surface area contributed by atoms with Crippen molar-refractivity contribution in [2.75, 3.05) is 18.8 Å². The normalized spacial score (nSPS) is 14.2. The van der Waals surface area contributed by atoms with Crippen molar-refractivity contribution in [2.45, 2.75) is 31.1 Å². The number of hydrogen-bond acceptors (Lipinski definition) is 2. The summed E-state index contributed by atoms with van der Waals surface area (Å²) in [5.74, 6) is 1.17. The Morgan fingerprint density at radius 2 is 2.13 bits per heavy atom. The van der Waals surface area contributed by atoms with E-state index in [-0.39, 0.29) is 0 Å². The number of thioether (sulfide) groups is 1. The number of aryl methyl sites for hydroxylation is 2. The average molecular weight is 221 g/mol. The summed E-state index contributed by atoms with van der Waals surface area (Å²) in [6, 6.07) is 6.98. The molecule has 0 radical (unpaired) electrons. The second-order valence-electron chi connectivity index (χ2n) is 3.99. The summed E-state index contributed by atoms with van der Waals surface area (Å²) < 4.78 is 0.